The Balaban J connectivity index is 1.59. The highest BCUT2D eigenvalue weighted by atomic mass is 16.5. The van der Waals surface area contributed by atoms with Gasteiger partial charge in [0.1, 0.15) is 12.1 Å². The third-order valence-electron chi connectivity index (χ3n) is 6.18. The second-order valence-electron chi connectivity index (χ2n) is 8.24. The Morgan fingerprint density at radius 1 is 1.06 bits per heavy atom. The summed E-state index contributed by atoms with van der Waals surface area (Å²) in [4.78, 5) is 36.3. The van der Waals surface area contributed by atoms with Crippen LogP contribution in [0, 0.1) is 0 Å². The van der Waals surface area contributed by atoms with E-state index in [1.807, 2.05) is 36.4 Å². The molecule has 1 aliphatic carbocycles. The molecule has 8 heteroatoms. The lowest BCUT2D eigenvalue weighted by Gasteiger charge is -2.28. The second kappa shape index (κ2) is 10.5. The molecule has 0 bridgehead atoms. The molecule has 0 heterocycles. The van der Waals surface area contributed by atoms with Crippen LogP contribution in [-0.4, -0.2) is 55.0 Å². The Labute approximate surface area is 193 Å². The Bertz CT molecular complexity index is 978. The number of nitrogens with one attached hydrogen (secondary N) is 2. The van der Waals surface area contributed by atoms with Gasteiger partial charge >= 0.3 is 12.1 Å². The number of fused-ring (bicyclic) bond motifs is 3. The average molecular weight is 455 g/mol. The molecule has 0 fully saturated rings. The second-order valence-corrected chi connectivity index (χ2v) is 8.24. The molecule has 2 atom stereocenters. The third-order valence-corrected chi connectivity index (χ3v) is 6.18. The number of carbonyl (C=O) groups excluding carboxylic acids is 2. The Hall–Kier alpha value is -3.39. The maximum atomic E-state index is 12.7. The van der Waals surface area contributed by atoms with Crippen LogP contribution in [0.4, 0.5) is 4.79 Å². The summed E-state index contributed by atoms with van der Waals surface area (Å²) in [5.74, 6) is -1.59. The highest BCUT2D eigenvalue weighted by molar-refractivity contribution is 5.89. The number of aliphatic carboxylic acids is 1. The van der Waals surface area contributed by atoms with Crippen molar-refractivity contribution in [3.05, 3.63) is 59.7 Å². The standard InChI is InChI=1S/C25H30N2O6/c1-4-25(2,23(30)26-14-13-21(32-3)22(28)29)27-24(31)33-15-20-18-11-7-5-9-16(18)17-10-6-8-12-19(17)20/h5-12,20-21H,4,13-15H2,1-3H3,(H,26,30)(H,27,31)(H,28,29). The van der Waals surface area contributed by atoms with Crippen molar-refractivity contribution in [2.45, 2.75) is 44.2 Å². The fourth-order valence-corrected chi connectivity index (χ4v) is 4.02. The SMILES string of the molecule is CCC(C)(NC(=O)OCC1c2ccccc2-c2ccccc21)C(=O)NCCC(OC)C(=O)O. The summed E-state index contributed by atoms with van der Waals surface area (Å²) < 4.78 is 10.4. The Morgan fingerprint density at radius 3 is 2.15 bits per heavy atom. The summed E-state index contributed by atoms with van der Waals surface area (Å²) in [5, 5.41) is 14.4. The van der Waals surface area contributed by atoms with Crippen molar-refractivity contribution in [1.82, 2.24) is 10.6 Å². The molecule has 3 rings (SSSR count). The first kappa shape index (κ1) is 24.3. The van der Waals surface area contributed by atoms with Gasteiger partial charge in [-0.1, -0.05) is 55.5 Å². The molecular formula is C25H30N2O6. The molecular weight excluding hydrogens is 424 g/mol. The number of carboxylic acid groups (broad SMARTS) is 1. The molecule has 0 radical (unpaired) electrons. The van der Waals surface area contributed by atoms with Crippen LogP contribution >= 0.6 is 0 Å². The van der Waals surface area contributed by atoms with E-state index in [9.17, 15) is 14.4 Å². The number of ether oxygens (including phenoxy) is 2. The first-order valence-electron chi connectivity index (χ1n) is 11.0. The minimum absolute atomic E-state index is 0.0770. The highest BCUT2D eigenvalue weighted by Crippen LogP contribution is 2.44. The largest absolute Gasteiger partial charge is 0.479 e. The number of methoxy groups -OCH3 is 1. The number of hydrogen-bond donors (Lipinski definition) is 3. The third kappa shape index (κ3) is 5.34. The van der Waals surface area contributed by atoms with Gasteiger partial charge in [0.2, 0.25) is 5.91 Å². The van der Waals surface area contributed by atoms with Crippen molar-refractivity contribution in [1.29, 1.82) is 0 Å². The number of alkyl carbamates (subject to hydrolysis) is 1. The predicted octanol–water partition coefficient (Wildman–Crippen LogP) is 3.30. The van der Waals surface area contributed by atoms with E-state index in [4.69, 9.17) is 14.6 Å². The average Bonchev–Trinajstić information content (AvgIpc) is 3.13. The Kier molecular flexibility index (Phi) is 7.71. The quantitative estimate of drug-likeness (QED) is 0.508. The van der Waals surface area contributed by atoms with E-state index in [0.717, 1.165) is 22.3 Å². The molecule has 2 unspecified atom stereocenters. The first-order chi connectivity index (χ1) is 15.8. The maximum absolute atomic E-state index is 12.7. The molecule has 0 saturated carbocycles. The zero-order valence-electron chi connectivity index (χ0n) is 19.1. The van der Waals surface area contributed by atoms with Gasteiger partial charge in [-0.2, -0.15) is 0 Å². The fourth-order valence-electron chi connectivity index (χ4n) is 4.02. The molecule has 3 N–H and O–H groups in total. The summed E-state index contributed by atoms with van der Waals surface area (Å²) in [6, 6.07) is 16.1. The van der Waals surface area contributed by atoms with Crippen molar-refractivity contribution >= 4 is 18.0 Å². The van der Waals surface area contributed by atoms with E-state index in [-0.39, 0.29) is 25.5 Å². The molecule has 0 saturated heterocycles. The molecule has 2 aromatic rings. The van der Waals surface area contributed by atoms with Crippen LogP contribution in [0.5, 0.6) is 0 Å². The van der Waals surface area contributed by atoms with Gasteiger partial charge in [-0.3, -0.25) is 4.79 Å². The molecule has 1 aliphatic rings. The van der Waals surface area contributed by atoms with Crippen molar-refractivity contribution < 1.29 is 29.0 Å². The van der Waals surface area contributed by atoms with Gasteiger partial charge in [0, 0.05) is 26.0 Å². The lowest BCUT2D eigenvalue weighted by atomic mass is 9.97. The number of hydrogen-bond acceptors (Lipinski definition) is 5. The number of carboxylic acids is 1. The molecule has 2 amide bonds. The maximum Gasteiger partial charge on any atom is 0.408 e. The molecule has 0 aliphatic heterocycles. The summed E-state index contributed by atoms with van der Waals surface area (Å²) in [5.41, 5.74) is 3.28. The predicted molar refractivity (Wildman–Crippen MR) is 123 cm³/mol. The van der Waals surface area contributed by atoms with E-state index >= 15 is 0 Å². The van der Waals surface area contributed by atoms with E-state index in [0.29, 0.717) is 6.42 Å². The first-order valence-corrected chi connectivity index (χ1v) is 11.0. The van der Waals surface area contributed by atoms with E-state index in [1.54, 1.807) is 13.8 Å². The minimum Gasteiger partial charge on any atom is -0.479 e. The van der Waals surface area contributed by atoms with Gasteiger partial charge in [-0.25, -0.2) is 9.59 Å². The van der Waals surface area contributed by atoms with Gasteiger partial charge in [0.25, 0.3) is 0 Å². The molecule has 176 valence electrons. The lowest BCUT2D eigenvalue weighted by molar-refractivity contribution is -0.149. The summed E-state index contributed by atoms with van der Waals surface area (Å²) in [7, 11) is 1.30. The number of amides is 2. The van der Waals surface area contributed by atoms with Gasteiger partial charge in [0.15, 0.2) is 6.10 Å². The summed E-state index contributed by atoms with van der Waals surface area (Å²) in [6.45, 7) is 3.63. The van der Waals surface area contributed by atoms with Gasteiger partial charge in [0.05, 0.1) is 0 Å². The van der Waals surface area contributed by atoms with Crippen LogP contribution in [0.3, 0.4) is 0 Å². The topological polar surface area (TPSA) is 114 Å². The summed E-state index contributed by atoms with van der Waals surface area (Å²) >= 11 is 0. The molecule has 0 aromatic heterocycles. The van der Waals surface area contributed by atoms with Crippen molar-refractivity contribution in [3.63, 3.8) is 0 Å². The van der Waals surface area contributed by atoms with Crippen LogP contribution < -0.4 is 10.6 Å². The Morgan fingerprint density at radius 2 is 1.64 bits per heavy atom. The minimum atomic E-state index is -1.20. The van der Waals surface area contributed by atoms with E-state index in [2.05, 4.69) is 22.8 Å². The number of carbonyl (C=O) groups is 3. The van der Waals surface area contributed by atoms with Crippen LogP contribution in [-0.2, 0) is 19.1 Å². The van der Waals surface area contributed by atoms with E-state index in [1.165, 1.54) is 7.11 Å². The zero-order valence-corrected chi connectivity index (χ0v) is 19.1. The van der Waals surface area contributed by atoms with Gasteiger partial charge in [-0.15, -0.1) is 0 Å². The van der Waals surface area contributed by atoms with Gasteiger partial charge < -0.3 is 25.2 Å². The lowest BCUT2D eigenvalue weighted by Crippen LogP contribution is -2.57. The highest BCUT2D eigenvalue weighted by Gasteiger charge is 2.35. The van der Waals surface area contributed by atoms with Crippen molar-refractivity contribution in [3.8, 4) is 11.1 Å². The number of rotatable bonds is 10. The zero-order chi connectivity index (χ0) is 24.0. The normalized spacial score (nSPS) is 15.0. The van der Waals surface area contributed by atoms with Crippen LogP contribution in [0.25, 0.3) is 11.1 Å². The van der Waals surface area contributed by atoms with Crippen molar-refractivity contribution in [2.75, 3.05) is 20.3 Å². The fraction of sp³-hybridized carbons (Fsp3) is 0.400. The molecule has 8 nitrogen and oxygen atoms in total. The van der Waals surface area contributed by atoms with Gasteiger partial charge in [-0.05, 0) is 35.6 Å². The molecule has 33 heavy (non-hydrogen) atoms. The van der Waals surface area contributed by atoms with E-state index < -0.39 is 29.6 Å². The summed E-state index contributed by atoms with van der Waals surface area (Å²) in [6.07, 6.45) is -1.25. The van der Waals surface area contributed by atoms with Crippen LogP contribution in [0.2, 0.25) is 0 Å². The van der Waals surface area contributed by atoms with Crippen LogP contribution in [0.15, 0.2) is 48.5 Å². The van der Waals surface area contributed by atoms with Crippen LogP contribution in [0.1, 0.15) is 43.7 Å². The molecule has 2 aromatic carbocycles. The number of benzene rings is 2. The monoisotopic (exact) mass is 454 g/mol. The smallest absolute Gasteiger partial charge is 0.408 e. The molecule has 0 spiro atoms. The van der Waals surface area contributed by atoms with Crippen molar-refractivity contribution in [2.24, 2.45) is 0 Å².